The first-order chi connectivity index (χ1) is 15.6. The molecule has 2 aromatic heterocycles. The Balaban J connectivity index is 1.31. The molecule has 5 rings (SSSR count). The Bertz CT molecular complexity index is 1230. The molecule has 0 saturated carbocycles. The van der Waals surface area contributed by atoms with Crippen molar-refractivity contribution in [2.24, 2.45) is 0 Å². The number of oxazole rings is 1. The Labute approximate surface area is 182 Å². The van der Waals surface area contributed by atoms with E-state index in [2.05, 4.69) is 15.2 Å². The van der Waals surface area contributed by atoms with Crippen molar-refractivity contribution in [1.82, 2.24) is 20.1 Å². The Hall–Kier alpha value is -3.81. The van der Waals surface area contributed by atoms with Crippen LogP contribution in [0.25, 0.3) is 11.3 Å². The smallest absolute Gasteiger partial charge is 0.272 e. The van der Waals surface area contributed by atoms with Gasteiger partial charge in [-0.05, 0) is 60.9 Å². The van der Waals surface area contributed by atoms with E-state index in [1.165, 1.54) is 24.3 Å². The van der Waals surface area contributed by atoms with Gasteiger partial charge >= 0.3 is 0 Å². The van der Waals surface area contributed by atoms with E-state index in [0.717, 1.165) is 24.0 Å². The highest BCUT2D eigenvalue weighted by Crippen LogP contribution is 2.33. The molecule has 1 atom stereocenters. The molecule has 4 aromatic rings. The normalized spacial score (nSPS) is 15.9. The molecule has 1 amide bonds. The molecule has 2 aromatic carbocycles. The number of nitrogens with zero attached hydrogens (tertiary/aromatic N) is 3. The van der Waals surface area contributed by atoms with Crippen molar-refractivity contribution in [2.45, 2.75) is 25.3 Å². The van der Waals surface area contributed by atoms with Gasteiger partial charge in [0.25, 0.3) is 5.91 Å². The number of nitrogens with one attached hydrogen (secondary N) is 1. The molecule has 0 spiro atoms. The first-order valence-electron chi connectivity index (χ1n) is 10.4. The highest BCUT2D eigenvalue weighted by atomic mass is 19.1. The minimum Gasteiger partial charge on any atom is -0.443 e. The van der Waals surface area contributed by atoms with Gasteiger partial charge in [0, 0.05) is 18.5 Å². The van der Waals surface area contributed by atoms with E-state index in [-0.39, 0.29) is 23.6 Å². The van der Waals surface area contributed by atoms with Crippen LogP contribution in [0, 0.1) is 11.6 Å². The third-order valence-electron chi connectivity index (χ3n) is 5.61. The number of carbonyl (C=O) groups excluding carboxylic acids is 1. The first kappa shape index (κ1) is 20.1. The number of likely N-dealkylation sites (tertiary alicyclic amines) is 1. The van der Waals surface area contributed by atoms with E-state index in [1.54, 1.807) is 41.4 Å². The SMILES string of the molecule is O=C(c1cc(-c2ccc(F)cc2)n[nH]1)N1CCC[C@H]1c1ncc(Cc2ccc(F)cc2)o1. The monoisotopic (exact) mass is 434 g/mol. The molecule has 6 nitrogen and oxygen atoms in total. The summed E-state index contributed by atoms with van der Waals surface area (Å²) in [5, 5.41) is 7.00. The molecular weight excluding hydrogens is 414 g/mol. The molecule has 1 fully saturated rings. The van der Waals surface area contributed by atoms with Crippen molar-refractivity contribution in [3.63, 3.8) is 0 Å². The molecular formula is C24H20F2N4O2. The van der Waals surface area contributed by atoms with E-state index in [1.807, 2.05) is 0 Å². The Morgan fingerprint density at radius 3 is 2.56 bits per heavy atom. The summed E-state index contributed by atoms with van der Waals surface area (Å²) in [7, 11) is 0. The molecule has 0 aliphatic carbocycles. The van der Waals surface area contributed by atoms with Gasteiger partial charge < -0.3 is 9.32 Å². The zero-order chi connectivity index (χ0) is 22.1. The van der Waals surface area contributed by atoms with Crippen LogP contribution in [-0.4, -0.2) is 32.5 Å². The minimum atomic E-state index is -0.328. The van der Waals surface area contributed by atoms with Gasteiger partial charge in [0.2, 0.25) is 5.89 Å². The van der Waals surface area contributed by atoms with Crippen molar-refractivity contribution in [3.05, 3.63) is 95.3 Å². The lowest BCUT2D eigenvalue weighted by Crippen LogP contribution is -2.31. The van der Waals surface area contributed by atoms with Crippen LogP contribution < -0.4 is 0 Å². The predicted octanol–water partition coefficient (Wildman–Crippen LogP) is 4.91. The third kappa shape index (κ3) is 4.03. The van der Waals surface area contributed by atoms with Crippen molar-refractivity contribution in [3.8, 4) is 11.3 Å². The molecule has 1 aliphatic heterocycles. The van der Waals surface area contributed by atoms with E-state index in [0.29, 0.717) is 36.0 Å². The second-order valence-electron chi connectivity index (χ2n) is 7.80. The molecule has 3 heterocycles. The molecule has 1 aliphatic rings. The van der Waals surface area contributed by atoms with Crippen LogP contribution in [0.15, 0.2) is 65.2 Å². The Morgan fingerprint density at radius 2 is 1.81 bits per heavy atom. The fourth-order valence-electron chi connectivity index (χ4n) is 3.98. The molecule has 1 saturated heterocycles. The van der Waals surface area contributed by atoms with Crippen molar-refractivity contribution >= 4 is 5.91 Å². The number of aromatic amines is 1. The molecule has 0 unspecified atom stereocenters. The van der Waals surface area contributed by atoms with Crippen LogP contribution in [-0.2, 0) is 6.42 Å². The number of benzene rings is 2. The summed E-state index contributed by atoms with van der Waals surface area (Å²) in [6.07, 6.45) is 3.74. The summed E-state index contributed by atoms with van der Waals surface area (Å²) in [6, 6.07) is 13.6. The maximum atomic E-state index is 13.2. The Morgan fingerprint density at radius 1 is 1.09 bits per heavy atom. The van der Waals surface area contributed by atoms with Gasteiger partial charge in [-0.2, -0.15) is 5.10 Å². The lowest BCUT2D eigenvalue weighted by molar-refractivity contribution is 0.0708. The minimum absolute atomic E-state index is 0.188. The second-order valence-corrected chi connectivity index (χ2v) is 7.80. The van der Waals surface area contributed by atoms with Crippen LogP contribution in [0.1, 0.15) is 46.6 Å². The number of amides is 1. The standard InChI is InChI=1S/C24H20F2N4O2/c25-17-7-3-15(4-8-17)12-19-14-27-23(32-19)22-2-1-11-30(22)24(31)21-13-20(28-29-21)16-5-9-18(26)10-6-16/h3-10,13-14,22H,1-2,11-12H2,(H,28,29)/t22-/m0/s1. The molecule has 0 radical (unpaired) electrons. The zero-order valence-electron chi connectivity index (χ0n) is 17.1. The van der Waals surface area contributed by atoms with E-state index in [9.17, 15) is 13.6 Å². The lowest BCUT2D eigenvalue weighted by atomic mass is 10.1. The second kappa shape index (κ2) is 8.37. The fourth-order valence-corrected chi connectivity index (χ4v) is 3.98. The zero-order valence-corrected chi connectivity index (χ0v) is 17.1. The topological polar surface area (TPSA) is 75.0 Å². The highest BCUT2D eigenvalue weighted by Gasteiger charge is 2.34. The summed E-state index contributed by atoms with van der Waals surface area (Å²) in [6.45, 7) is 0.587. The number of carbonyl (C=O) groups is 1. The molecule has 162 valence electrons. The number of halogens is 2. The van der Waals surface area contributed by atoms with Crippen LogP contribution in [0.5, 0.6) is 0 Å². The number of rotatable bonds is 5. The van der Waals surface area contributed by atoms with Gasteiger partial charge in [0.05, 0.1) is 11.9 Å². The van der Waals surface area contributed by atoms with Crippen LogP contribution in [0.2, 0.25) is 0 Å². The third-order valence-corrected chi connectivity index (χ3v) is 5.61. The largest absolute Gasteiger partial charge is 0.443 e. The van der Waals surface area contributed by atoms with Gasteiger partial charge in [0.1, 0.15) is 29.1 Å². The van der Waals surface area contributed by atoms with Crippen LogP contribution in [0.3, 0.4) is 0 Å². The summed E-state index contributed by atoms with van der Waals surface area (Å²) < 4.78 is 32.2. The maximum absolute atomic E-state index is 13.2. The average molecular weight is 434 g/mol. The maximum Gasteiger partial charge on any atom is 0.272 e. The highest BCUT2D eigenvalue weighted by molar-refractivity contribution is 5.93. The van der Waals surface area contributed by atoms with Crippen LogP contribution in [0.4, 0.5) is 8.78 Å². The van der Waals surface area contributed by atoms with Gasteiger partial charge in [-0.25, -0.2) is 13.8 Å². The van der Waals surface area contributed by atoms with E-state index in [4.69, 9.17) is 4.42 Å². The number of hydrogen-bond acceptors (Lipinski definition) is 4. The van der Waals surface area contributed by atoms with Crippen molar-refractivity contribution < 1.29 is 18.0 Å². The molecule has 0 bridgehead atoms. The lowest BCUT2D eigenvalue weighted by Gasteiger charge is -2.21. The summed E-state index contributed by atoms with van der Waals surface area (Å²) in [5.41, 5.74) is 2.56. The predicted molar refractivity (Wildman–Crippen MR) is 113 cm³/mol. The number of aromatic nitrogens is 3. The van der Waals surface area contributed by atoms with Gasteiger partial charge in [-0.3, -0.25) is 9.89 Å². The quantitative estimate of drug-likeness (QED) is 0.484. The van der Waals surface area contributed by atoms with Gasteiger partial charge in [0.15, 0.2) is 0 Å². The summed E-state index contributed by atoms with van der Waals surface area (Å²) in [4.78, 5) is 19.3. The molecule has 8 heteroatoms. The van der Waals surface area contributed by atoms with E-state index < -0.39 is 0 Å². The first-order valence-corrected chi connectivity index (χ1v) is 10.4. The van der Waals surface area contributed by atoms with Crippen molar-refractivity contribution in [2.75, 3.05) is 6.54 Å². The number of hydrogen-bond donors (Lipinski definition) is 1. The number of H-pyrrole nitrogens is 1. The van der Waals surface area contributed by atoms with Crippen LogP contribution >= 0.6 is 0 Å². The fraction of sp³-hybridized carbons (Fsp3) is 0.208. The Kier molecular flexibility index (Phi) is 5.26. The summed E-state index contributed by atoms with van der Waals surface area (Å²) in [5.74, 6) is 0.350. The molecule has 32 heavy (non-hydrogen) atoms. The van der Waals surface area contributed by atoms with Gasteiger partial charge in [-0.1, -0.05) is 12.1 Å². The van der Waals surface area contributed by atoms with E-state index >= 15 is 0 Å². The summed E-state index contributed by atoms with van der Waals surface area (Å²) >= 11 is 0. The average Bonchev–Trinajstić information content (AvgIpc) is 3.56. The van der Waals surface area contributed by atoms with Crippen molar-refractivity contribution in [1.29, 1.82) is 0 Å². The molecule has 1 N–H and O–H groups in total. The van der Waals surface area contributed by atoms with Gasteiger partial charge in [-0.15, -0.1) is 0 Å².